The van der Waals surface area contributed by atoms with Crippen LogP contribution in [0.3, 0.4) is 0 Å². The molecule has 0 amide bonds. The van der Waals surface area contributed by atoms with Crippen molar-refractivity contribution in [1.82, 2.24) is 4.98 Å². The molecule has 2 N–H and O–H groups in total. The predicted octanol–water partition coefficient (Wildman–Crippen LogP) is 1.48. The van der Waals surface area contributed by atoms with Gasteiger partial charge in [-0.1, -0.05) is 11.8 Å². The van der Waals surface area contributed by atoms with Crippen LogP contribution in [0.5, 0.6) is 0 Å². The van der Waals surface area contributed by atoms with E-state index >= 15 is 0 Å². The van der Waals surface area contributed by atoms with Gasteiger partial charge in [-0.2, -0.15) is 0 Å². The van der Waals surface area contributed by atoms with Gasteiger partial charge in [-0.25, -0.2) is 0 Å². The third-order valence-corrected chi connectivity index (χ3v) is 1.75. The maximum Gasteiger partial charge on any atom is 0.0309 e. The number of aromatic nitrogens is 1. The molecule has 13 heavy (non-hydrogen) atoms. The summed E-state index contributed by atoms with van der Waals surface area (Å²) in [5, 5.41) is 0. The minimum Gasteiger partial charge on any atom is -0.330 e. The largest absolute Gasteiger partial charge is 0.330 e. The molecule has 0 unspecified atom stereocenters. The lowest BCUT2D eigenvalue weighted by Crippen LogP contribution is -1.96. The molecule has 0 radical (unpaired) electrons. The minimum absolute atomic E-state index is 0.712. The standard InChI is InChI=1S/C11H14N2/c1-10-9-13-8-6-11(10)5-3-2-4-7-12/h6,8-9H,2,4,7,12H2,1H3. The van der Waals surface area contributed by atoms with Crippen LogP contribution in [0.4, 0.5) is 0 Å². The van der Waals surface area contributed by atoms with E-state index in [0.29, 0.717) is 6.54 Å². The molecular weight excluding hydrogens is 160 g/mol. The summed E-state index contributed by atoms with van der Waals surface area (Å²) in [5.41, 5.74) is 7.55. The van der Waals surface area contributed by atoms with Crippen LogP contribution in [0.15, 0.2) is 18.5 Å². The Kier molecular flexibility index (Phi) is 4.01. The molecule has 2 nitrogen and oxygen atoms in total. The first-order valence-electron chi connectivity index (χ1n) is 4.44. The molecule has 0 saturated heterocycles. The first-order chi connectivity index (χ1) is 6.34. The summed E-state index contributed by atoms with van der Waals surface area (Å²) in [6.07, 6.45) is 5.43. The van der Waals surface area contributed by atoms with Gasteiger partial charge >= 0.3 is 0 Å². The van der Waals surface area contributed by atoms with Gasteiger partial charge in [-0.15, -0.1) is 0 Å². The molecule has 1 heterocycles. The summed E-state index contributed by atoms with van der Waals surface area (Å²) in [6.45, 7) is 2.73. The monoisotopic (exact) mass is 174 g/mol. The van der Waals surface area contributed by atoms with E-state index in [-0.39, 0.29) is 0 Å². The predicted molar refractivity (Wildman–Crippen MR) is 54.1 cm³/mol. The van der Waals surface area contributed by atoms with Crippen molar-refractivity contribution >= 4 is 0 Å². The topological polar surface area (TPSA) is 38.9 Å². The number of aryl methyl sites for hydroxylation is 1. The summed E-state index contributed by atoms with van der Waals surface area (Å²) < 4.78 is 0. The number of pyridine rings is 1. The van der Waals surface area contributed by atoms with E-state index in [9.17, 15) is 0 Å². The zero-order chi connectivity index (χ0) is 9.52. The van der Waals surface area contributed by atoms with E-state index in [1.807, 2.05) is 19.2 Å². The van der Waals surface area contributed by atoms with Crippen molar-refractivity contribution in [3.8, 4) is 11.8 Å². The Morgan fingerprint density at radius 2 is 2.38 bits per heavy atom. The fraction of sp³-hybridized carbons (Fsp3) is 0.364. The van der Waals surface area contributed by atoms with Crippen LogP contribution in [0, 0.1) is 18.8 Å². The Bertz CT molecular complexity index is 320. The van der Waals surface area contributed by atoms with Gasteiger partial charge in [0.2, 0.25) is 0 Å². The van der Waals surface area contributed by atoms with Crippen molar-refractivity contribution in [3.05, 3.63) is 29.6 Å². The Balaban J connectivity index is 2.61. The van der Waals surface area contributed by atoms with Crippen LogP contribution in [0.1, 0.15) is 24.0 Å². The van der Waals surface area contributed by atoms with Gasteiger partial charge in [0, 0.05) is 24.4 Å². The van der Waals surface area contributed by atoms with Gasteiger partial charge < -0.3 is 5.73 Å². The van der Waals surface area contributed by atoms with Crippen LogP contribution in [-0.4, -0.2) is 11.5 Å². The molecule has 0 saturated carbocycles. The zero-order valence-electron chi connectivity index (χ0n) is 7.88. The SMILES string of the molecule is Cc1cnccc1C#CCCCN. The summed E-state index contributed by atoms with van der Waals surface area (Å²) in [7, 11) is 0. The molecule has 1 aromatic heterocycles. The normalized spacial score (nSPS) is 9.08. The minimum atomic E-state index is 0.712. The van der Waals surface area contributed by atoms with Gasteiger partial charge in [0.15, 0.2) is 0 Å². The van der Waals surface area contributed by atoms with Crippen molar-refractivity contribution in [2.75, 3.05) is 6.54 Å². The Hall–Kier alpha value is -1.33. The number of unbranched alkanes of at least 4 members (excludes halogenated alkanes) is 1. The smallest absolute Gasteiger partial charge is 0.0309 e. The molecule has 0 aromatic carbocycles. The molecule has 0 bridgehead atoms. The van der Waals surface area contributed by atoms with Crippen molar-refractivity contribution < 1.29 is 0 Å². The molecule has 2 heteroatoms. The molecule has 1 aromatic rings. The van der Waals surface area contributed by atoms with Crippen molar-refractivity contribution in [2.45, 2.75) is 19.8 Å². The third-order valence-electron chi connectivity index (χ3n) is 1.75. The van der Waals surface area contributed by atoms with E-state index in [4.69, 9.17) is 5.73 Å². The molecule has 0 fully saturated rings. The Morgan fingerprint density at radius 3 is 3.08 bits per heavy atom. The maximum atomic E-state index is 5.36. The zero-order valence-corrected chi connectivity index (χ0v) is 7.88. The van der Waals surface area contributed by atoms with Gasteiger partial charge in [0.25, 0.3) is 0 Å². The highest BCUT2D eigenvalue weighted by atomic mass is 14.6. The van der Waals surface area contributed by atoms with Crippen molar-refractivity contribution in [2.24, 2.45) is 5.73 Å². The summed E-state index contributed by atoms with van der Waals surface area (Å²) in [4.78, 5) is 4.00. The second kappa shape index (κ2) is 5.34. The van der Waals surface area contributed by atoms with Crippen molar-refractivity contribution in [1.29, 1.82) is 0 Å². The van der Waals surface area contributed by atoms with Crippen LogP contribution in [0.25, 0.3) is 0 Å². The van der Waals surface area contributed by atoms with E-state index < -0.39 is 0 Å². The third kappa shape index (κ3) is 3.27. The molecule has 0 spiro atoms. The summed E-state index contributed by atoms with van der Waals surface area (Å²) >= 11 is 0. The Labute approximate surface area is 79.2 Å². The van der Waals surface area contributed by atoms with Crippen LogP contribution in [0.2, 0.25) is 0 Å². The molecule has 0 aliphatic heterocycles. The van der Waals surface area contributed by atoms with E-state index in [1.165, 1.54) is 0 Å². The van der Waals surface area contributed by atoms with E-state index in [1.54, 1.807) is 6.20 Å². The lowest BCUT2D eigenvalue weighted by atomic mass is 10.1. The second-order valence-corrected chi connectivity index (χ2v) is 2.88. The molecule has 1 rings (SSSR count). The number of nitrogens with zero attached hydrogens (tertiary/aromatic N) is 1. The fourth-order valence-electron chi connectivity index (χ4n) is 0.962. The molecule has 0 aliphatic rings. The highest BCUT2D eigenvalue weighted by molar-refractivity contribution is 5.38. The second-order valence-electron chi connectivity index (χ2n) is 2.88. The maximum absolute atomic E-state index is 5.36. The first kappa shape index (κ1) is 9.76. The lowest BCUT2D eigenvalue weighted by molar-refractivity contribution is 0.870. The average molecular weight is 174 g/mol. The number of rotatable bonds is 2. The lowest BCUT2D eigenvalue weighted by Gasteiger charge is -1.93. The quantitative estimate of drug-likeness (QED) is 0.545. The number of hydrogen-bond acceptors (Lipinski definition) is 2. The average Bonchev–Trinajstić information content (AvgIpc) is 2.15. The fourth-order valence-corrected chi connectivity index (χ4v) is 0.962. The highest BCUT2D eigenvalue weighted by Gasteiger charge is 1.90. The summed E-state index contributed by atoms with van der Waals surface area (Å²) in [6, 6.07) is 1.94. The first-order valence-corrected chi connectivity index (χ1v) is 4.44. The van der Waals surface area contributed by atoms with E-state index in [2.05, 4.69) is 16.8 Å². The molecule has 0 atom stereocenters. The van der Waals surface area contributed by atoms with Gasteiger partial charge in [0.1, 0.15) is 0 Å². The molecular formula is C11H14N2. The highest BCUT2D eigenvalue weighted by Crippen LogP contribution is 2.02. The molecule has 0 aliphatic carbocycles. The number of hydrogen-bond donors (Lipinski definition) is 1. The van der Waals surface area contributed by atoms with Crippen LogP contribution >= 0.6 is 0 Å². The van der Waals surface area contributed by atoms with Gasteiger partial charge in [-0.3, -0.25) is 4.98 Å². The molecule has 68 valence electrons. The van der Waals surface area contributed by atoms with E-state index in [0.717, 1.165) is 24.0 Å². The van der Waals surface area contributed by atoms with Gasteiger partial charge in [-0.05, 0) is 31.5 Å². The number of nitrogens with two attached hydrogens (primary N) is 1. The summed E-state index contributed by atoms with van der Waals surface area (Å²) in [5.74, 6) is 6.19. The van der Waals surface area contributed by atoms with Gasteiger partial charge in [0.05, 0.1) is 0 Å². The van der Waals surface area contributed by atoms with Crippen LogP contribution < -0.4 is 5.73 Å². The van der Waals surface area contributed by atoms with Crippen LogP contribution in [-0.2, 0) is 0 Å². The Morgan fingerprint density at radius 1 is 1.54 bits per heavy atom. The van der Waals surface area contributed by atoms with Crippen molar-refractivity contribution in [3.63, 3.8) is 0 Å².